The number of nitriles is 1. The van der Waals surface area contributed by atoms with E-state index in [0.29, 0.717) is 5.69 Å². The summed E-state index contributed by atoms with van der Waals surface area (Å²) < 4.78 is 1.79. The largest absolute Gasteiger partial charge is 0.275 e. The summed E-state index contributed by atoms with van der Waals surface area (Å²) >= 11 is 0. The van der Waals surface area contributed by atoms with Crippen LogP contribution in [-0.4, -0.2) is 19.7 Å². The topological polar surface area (TPSA) is 67.4 Å². The molecular formula is C20H15N5. The van der Waals surface area contributed by atoms with Crippen LogP contribution < -0.4 is 0 Å². The van der Waals surface area contributed by atoms with Crippen LogP contribution in [0, 0.1) is 18.3 Å². The fourth-order valence-electron chi connectivity index (χ4n) is 2.98. The van der Waals surface area contributed by atoms with E-state index in [9.17, 15) is 5.26 Å². The Morgan fingerprint density at radius 1 is 1.00 bits per heavy atom. The molecule has 3 aromatic heterocycles. The second kappa shape index (κ2) is 5.84. The molecule has 0 aliphatic carbocycles. The molecule has 0 fully saturated rings. The average molecular weight is 325 g/mol. The lowest BCUT2D eigenvalue weighted by Gasteiger charge is -2.08. The lowest BCUT2D eigenvalue weighted by atomic mass is 10.00. The highest BCUT2D eigenvalue weighted by Crippen LogP contribution is 2.30. The predicted molar refractivity (Wildman–Crippen MR) is 96.6 cm³/mol. The lowest BCUT2D eigenvalue weighted by molar-refractivity contribution is 0.768. The zero-order chi connectivity index (χ0) is 17.4. The van der Waals surface area contributed by atoms with E-state index in [2.05, 4.69) is 45.4 Å². The van der Waals surface area contributed by atoms with Gasteiger partial charge in [0.1, 0.15) is 11.8 Å². The van der Waals surface area contributed by atoms with Crippen molar-refractivity contribution in [2.24, 2.45) is 7.05 Å². The van der Waals surface area contributed by atoms with Crippen molar-refractivity contribution in [3.05, 3.63) is 66.4 Å². The maximum Gasteiger partial charge on any atom is 0.141 e. The molecule has 3 heterocycles. The first kappa shape index (κ1) is 15.0. The number of fused-ring (bicyclic) bond motifs is 1. The monoisotopic (exact) mass is 325 g/mol. The predicted octanol–water partition coefficient (Wildman–Crippen LogP) is 3.88. The SMILES string of the molecule is Cc1cc(C#N)nc2c(-c3ccc(-c4cnn(C)c4)cc3)cncc12. The average Bonchev–Trinajstić information content (AvgIpc) is 3.08. The summed E-state index contributed by atoms with van der Waals surface area (Å²) in [4.78, 5) is 8.85. The molecule has 0 aliphatic rings. The zero-order valence-corrected chi connectivity index (χ0v) is 13.9. The minimum Gasteiger partial charge on any atom is -0.275 e. The molecule has 0 amide bonds. The number of nitrogens with zero attached hydrogens (tertiary/aromatic N) is 5. The molecule has 4 rings (SSSR count). The van der Waals surface area contributed by atoms with Gasteiger partial charge in [-0.25, -0.2) is 4.98 Å². The Bertz CT molecular complexity index is 1120. The van der Waals surface area contributed by atoms with Crippen LogP contribution in [0.3, 0.4) is 0 Å². The number of pyridine rings is 2. The van der Waals surface area contributed by atoms with E-state index in [0.717, 1.165) is 38.7 Å². The molecule has 0 bridgehead atoms. The normalized spacial score (nSPS) is 10.8. The molecule has 0 saturated carbocycles. The van der Waals surface area contributed by atoms with Crippen molar-refractivity contribution >= 4 is 10.9 Å². The summed E-state index contributed by atoms with van der Waals surface area (Å²) in [5.74, 6) is 0. The Balaban J connectivity index is 1.84. The van der Waals surface area contributed by atoms with Gasteiger partial charge < -0.3 is 0 Å². The Hall–Kier alpha value is -3.52. The Morgan fingerprint density at radius 3 is 2.44 bits per heavy atom. The Labute approximate surface area is 145 Å². The van der Waals surface area contributed by atoms with Crippen LogP contribution in [0.25, 0.3) is 33.2 Å². The first-order chi connectivity index (χ1) is 12.2. The highest BCUT2D eigenvalue weighted by molar-refractivity contribution is 5.94. The molecule has 4 aromatic rings. The third-order valence-corrected chi connectivity index (χ3v) is 4.28. The van der Waals surface area contributed by atoms with Gasteiger partial charge in [-0.3, -0.25) is 9.67 Å². The van der Waals surface area contributed by atoms with Crippen molar-refractivity contribution in [1.82, 2.24) is 19.7 Å². The number of rotatable bonds is 2. The van der Waals surface area contributed by atoms with Crippen LogP contribution in [0.2, 0.25) is 0 Å². The number of benzene rings is 1. The Kier molecular flexibility index (Phi) is 3.51. The van der Waals surface area contributed by atoms with Crippen LogP contribution in [0.1, 0.15) is 11.3 Å². The van der Waals surface area contributed by atoms with Crippen LogP contribution in [0.4, 0.5) is 0 Å². The van der Waals surface area contributed by atoms with Crippen molar-refractivity contribution in [2.75, 3.05) is 0 Å². The standard InChI is InChI=1S/C20H15N5/c1-13-7-17(8-21)24-20-18(13)10-22-11-19(20)15-5-3-14(4-6-15)16-9-23-25(2)12-16/h3-7,9-12H,1-2H3. The molecular weight excluding hydrogens is 310 g/mol. The third kappa shape index (κ3) is 2.64. The number of hydrogen-bond acceptors (Lipinski definition) is 4. The van der Waals surface area contributed by atoms with Crippen molar-refractivity contribution in [3.63, 3.8) is 0 Å². The Morgan fingerprint density at radius 2 is 1.76 bits per heavy atom. The van der Waals surface area contributed by atoms with Gasteiger partial charge in [0.2, 0.25) is 0 Å². The molecule has 0 aliphatic heterocycles. The van der Waals surface area contributed by atoms with E-state index in [-0.39, 0.29) is 0 Å². The second-order valence-corrected chi connectivity index (χ2v) is 6.00. The van der Waals surface area contributed by atoms with Crippen LogP contribution >= 0.6 is 0 Å². The molecule has 0 N–H and O–H groups in total. The second-order valence-electron chi connectivity index (χ2n) is 6.00. The molecule has 5 heteroatoms. The molecule has 120 valence electrons. The fraction of sp³-hybridized carbons (Fsp3) is 0.100. The van der Waals surface area contributed by atoms with E-state index in [1.807, 2.05) is 26.4 Å². The summed E-state index contributed by atoms with van der Waals surface area (Å²) in [6.07, 6.45) is 7.43. The number of aromatic nitrogens is 4. The quantitative estimate of drug-likeness (QED) is 0.561. The van der Waals surface area contributed by atoms with E-state index < -0.39 is 0 Å². The minimum absolute atomic E-state index is 0.421. The van der Waals surface area contributed by atoms with Gasteiger partial charge in [0.25, 0.3) is 0 Å². The van der Waals surface area contributed by atoms with Gasteiger partial charge in [-0.05, 0) is 29.7 Å². The maximum atomic E-state index is 9.21. The lowest BCUT2D eigenvalue weighted by Crippen LogP contribution is -1.93. The molecule has 25 heavy (non-hydrogen) atoms. The van der Waals surface area contributed by atoms with Gasteiger partial charge in [-0.15, -0.1) is 0 Å². The maximum absolute atomic E-state index is 9.21. The van der Waals surface area contributed by atoms with Gasteiger partial charge in [0, 0.05) is 42.2 Å². The highest BCUT2D eigenvalue weighted by Gasteiger charge is 2.10. The van der Waals surface area contributed by atoms with Crippen molar-refractivity contribution < 1.29 is 0 Å². The minimum atomic E-state index is 0.421. The molecule has 0 radical (unpaired) electrons. The third-order valence-electron chi connectivity index (χ3n) is 4.28. The molecule has 1 aromatic carbocycles. The van der Waals surface area contributed by atoms with Gasteiger partial charge in [-0.2, -0.15) is 10.4 Å². The zero-order valence-electron chi connectivity index (χ0n) is 13.9. The number of hydrogen-bond donors (Lipinski definition) is 0. The summed E-state index contributed by atoms with van der Waals surface area (Å²) in [6.45, 7) is 1.97. The van der Waals surface area contributed by atoms with Crippen LogP contribution in [0.5, 0.6) is 0 Å². The summed E-state index contributed by atoms with van der Waals surface area (Å²) in [5.41, 5.74) is 6.36. The highest BCUT2D eigenvalue weighted by atomic mass is 15.2. The molecule has 0 atom stereocenters. The molecule has 0 saturated heterocycles. The van der Waals surface area contributed by atoms with E-state index in [1.165, 1.54) is 0 Å². The summed E-state index contributed by atoms with van der Waals surface area (Å²) in [7, 11) is 1.90. The summed E-state index contributed by atoms with van der Waals surface area (Å²) in [6, 6.07) is 12.1. The van der Waals surface area contributed by atoms with Crippen molar-refractivity contribution in [3.8, 4) is 28.3 Å². The summed E-state index contributed by atoms with van der Waals surface area (Å²) in [5, 5.41) is 14.4. The first-order valence-electron chi connectivity index (χ1n) is 7.90. The van der Waals surface area contributed by atoms with Crippen molar-refractivity contribution in [1.29, 1.82) is 5.26 Å². The van der Waals surface area contributed by atoms with Gasteiger partial charge in [0.05, 0.1) is 11.7 Å². The van der Waals surface area contributed by atoms with Gasteiger partial charge >= 0.3 is 0 Å². The van der Waals surface area contributed by atoms with E-state index >= 15 is 0 Å². The first-order valence-corrected chi connectivity index (χ1v) is 7.90. The fourth-order valence-corrected chi connectivity index (χ4v) is 2.98. The van der Waals surface area contributed by atoms with Crippen molar-refractivity contribution in [2.45, 2.75) is 6.92 Å². The van der Waals surface area contributed by atoms with Gasteiger partial charge in [-0.1, -0.05) is 24.3 Å². The number of aryl methyl sites for hydroxylation is 2. The molecule has 0 unspecified atom stereocenters. The van der Waals surface area contributed by atoms with E-state index in [4.69, 9.17) is 0 Å². The molecule has 0 spiro atoms. The van der Waals surface area contributed by atoms with Gasteiger partial charge in [0.15, 0.2) is 0 Å². The van der Waals surface area contributed by atoms with Crippen LogP contribution in [-0.2, 0) is 7.05 Å². The van der Waals surface area contributed by atoms with Crippen LogP contribution in [0.15, 0.2) is 55.1 Å². The van der Waals surface area contributed by atoms with E-state index in [1.54, 1.807) is 23.1 Å². The molecule has 5 nitrogen and oxygen atoms in total. The smallest absolute Gasteiger partial charge is 0.141 e.